The van der Waals surface area contributed by atoms with Gasteiger partial charge in [0.2, 0.25) is 0 Å². The van der Waals surface area contributed by atoms with Crippen LogP contribution in [0.25, 0.3) is 0 Å². The number of rotatable bonds is 0. The number of nitrogens with one attached hydrogen (secondary N) is 2. The summed E-state index contributed by atoms with van der Waals surface area (Å²) in [6.07, 6.45) is 7.07. The molecule has 2 rings (SSSR count). The summed E-state index contributed by atoms with van der Waals surface area (Å²) in [4.78, 5) is 0. The van der Waals surface area contributed by atoms with Gasteiger partial charge in [0.15, 0.2) is 0 Å². The third-order valence-corrected chi connectivity index (χ3v) is 2.23. The van der Waals surface area contributed by atoms with Crippen molar-refractivity contribution in [2.45, 2.75) is 19.3 Å². The molecule has 0 unspecified atom stereocenters. The average molecular weight is 146 g/mol. The molecule has 0 aliphatic heterocycles. The Hall–Kier alpha value is -1.18. The Balaban J connectivity index is 2.44. The van der Waals surface area contributed by atoms with Gasteiger partial charge < -0.3 is 0 Å². The summed E-state index contributed by atoms with van der Waals surface area (Å²) in [6, 6.07) is 0. The van der Waals surface area contributed by atoms with Crippen molar-refractivity contribution in [3.05, 3.63) is 23.3 Å². The molecule has 2 N–H and O–H groups in total. The molecule has 0 radical (unpaired) electrons. The van der Waals surface area contributed by atoms with E-state index < -0.39 is 0 Å². The molecule has 0 amide bonds. The molecule has 2 heteroatoms. The molecular weight excluding hydrogens is 136 g/mol. The third kappa shape index (κ3) is 0.946. The highest BCUT2D eigenvalue weighted by Gasteiger charge is 2.19. The summed E-state index contributed by atoms with van der Waals surface area (Å²) in [5, 5.41) is 14.8. The minimum absolute atomic E-state index is 0.366. The predicted octanol–water partition coefficient (Wildman–Crippen LogP) is 2.08. The molecule has 0 heterocycles. The Labute approximate surface area is 65.6 Å². The third-order valence-electron chi connectivity index (χ3n) is 2.23. The second kappa shape index (κ2) is 2.16. The van der Waals surface area contributed by atoms with Crippen LogP contribution in [0.4, 0.5) is 0 Å². The van der Waals surface area contributed by atoms with Gasteiger partial charge in [0.25, 0.3) is 0 Å². The van der Waals surface area contributed by atoms with Crippen LogP contribution in [0.3, 0.4) is 0 Å². The van der Waals surface area contributed by atoms with Crippen LogP contribution < -0.4 is 0 Å². The van der Waals surface area contributed by atoms with Crippen LogP contribution in [0.2, 0.25) is 0 Å². The van der Waals surface area contributed by atoms with Crippen molar-refractivity contribution in [1.82, 2.24) is 0 Å². The van der Waals surface area contributed by atoms with E-state index in [9.17, 15) is 0 Å². The maximum atomic E-state index is 7.40. The molecule has 2 nitrogen and oxygen atoms in total. The van der Waals surface area contributed by atoms with E-state index in [1.165, 1.54) is 17.6 Å². The van der Waals surface area contributed by atoms with E-state index in [1.54, 1.807) is 0 Å². The molecule has 0 aromatic heterocycles. The van der Waals surface area contributed by atoms with Gasteiger partial charge in [-0.2, -0.15) is 0 Å². The SMILES string of the molecule is N=C1C=C2CCCC2=CC1=N. The van der Waals surface area contributed by atoms with E-state index in [-0.39, 0.29) is 0 Å². The van der Waals surface area contributed by atoms with Crippen molar-refractivity contribution < 1.29 is 0 Å². The van der Waals surface area contributed by atoms with Crippen LogP contribution in [-0.4, -0.2) is 11.4 Å². The zero-order valence-electron chi connectivity index (χ0n) is 6.28. The first kappa shape index (κ1) is 6.53. The van der Waals surface area contributed by atoms with Gasteiger partial charge in [-0.25, -0.2) is 0 Å². The zero-order chi connectivity index (χ0) is 7.84. The number of fused-ring (bicyclic) bond motifs is 1. The first-order valence-electron chi connectivity index (χ1n) is 3.86. The molecule has 0 aromatic carbocycles. The Morgan fingerprint density at radius 2 is 1.36 bits per heavy atom. The smallest absolute Gasteiger partial charge is 0.0792 e. The Morgan fingerprint density at radius 3 is 1.82 bits per heavy atom. The quantitative estimate of drug-likeness (QED) is 0.491. The molecule has 1 fully saturated rings. The van der Waals surface area contributed by atoms with Crippen LogP contribution >= 0.6 is 0 Å². The maximum absolute atomic E-state index is 7.40. The van der Waals surface area contributed by atoms with Gasteiger partial charge in [-0.3, -0.25) is 10.8 Å². The van der Waals surface area contributed by atoms with Gasteiger partial charge in [-0.15, -0.1) is 0 Å². The lowest BCUT2D eigenvalue weighted by Crippen LogP contribution is -2.11. The van der Waals surface area contributed by atoms with Gasteiger partial charge in [-0.05, 0) is 42.6 Å². The lowest BCUT2D eigenvalue weighted by molar-refractivity contribution is 0.933. The van der Waals surface area contributed by atoms with E-state index in [4.69, 9.17) is 10.8 Å². The number of hydrogen-bond donors (Lipinski definition) is 2. The predicted molar refractivity (Wildman–Crippen MR) is 45.5 cm³/mol. The van der Waals surface area contributed by atoms with Crippen LogP contribution in [0.1, 0.15) is 19.3 Å². The second-order valence-corrected chi connectivity index (χ2v) is 3.02. The molecule has 11 heavy (non-hydrogen) atoms. The van der Waals surface area contributed by atoms with Gasteiger partial charge in [0.1, 0.15) is 0 Å². The highest BCUT2D eigenvalue weighted by atomic mass is 14.5. The zero-order valence-corrected chi connectivity index (χ0v) is 6.28. The van der Waals surface area contributed by atoms with Crippen LogP contribution in [0.15, 0.2) is 23.3 Å². The molecule has 0 spiro atoms. The molecule has 56 valence electrons. The fourth-order valence-corrected chi connectivity index (χ4v) is 1.62. The molecular formula is C9H10N2. The molecule has 1 saturated carbocycles. The van der Waals surface area contributed by atoms with Gasteiger partial charge in [0, 0.05) is 0 Å². The van der Waals surface area contributed by atoms with Gasteiger partial charge >= 0.3 is 0 Å². The summed E-state index contributed by atoms with van der Waals surface area (Å²) in [5.74, 6) is 0. The molecule has 0 aromatic rings. The van der Waals surface area contributed by atoms with E-state index in [0.717, 1.165) is 12.8 Å². The van der Waals surface area contributed by atoms with Crippen molar-refractivity contribution in [3.63, 3.8) is 0 Å². The first-order valence-corrected chi connectivity index (χ1v) is 3.86. The van der Waals surface area contributed by atoms with Crippen LogP contribution in [0.5, 0.6) is 0 Å². The largest absolute Gasteiger partial charge is 0.299 e. The summed E-state index contributed by atoms with van der Waals surface area (Å²) < 4.78 is 0. The van der Waals surface area contributed by atoms with E-state index in [2.05, 4.69) is 0 Å². The Bertz CT molecular complexity index is 265. The molecule has 2 aliphatic rings. The van der Waals surface area contributed by atoms with E-state index in [0.29, 0.717) is 11.4 Å². The summed E-state index contributed by atoms with van der Waals surface area (Å²) >= 11 is 0. The van der Waals surface area contributed by atoms with Crippen molar-refractivity contribution in [2.75, 3.05) is 0 Å². The molecule has 0 bridgehead atoms. The van der Waals surface area contributed by atoms with Gasteiger partial charge in [0.05, 0.1) is 11.4 Å². The summed E-state index contributed by atoms with van der Waals surface area (Å²) in [6.45, 7) is 0. The van der Waals surface area contributed by atoms with Crippen molar-refractivity contribution in [1.29, 1.82) is 10.8 Å². The minimum Gasteiger partial charge on any atom is -0.299 e. The van der Waals surface area contributed by atoms with E-state index in [1.807, 2.05) is 12.2 Å². The van der Waals surface area contributed by atoms with Crippen molar-refractivity contribution >= 4 is 11.4 Å². The summed E-state index contributed by atoms with van der Waals surface area (Å²) in [5.41, 5.74) is 3.30. The standard InChI is InChI=1S/C9H10N2/c10-8-4-6-2-1-3-7(6)5-9(8)11/h4-5,10-11H,1-3H2. The average Bonchev–Trinajstić information content (AvgIpc) is 2.36. The fourth-order valence-electron chi connectivity index (χ4n) is 1.62. The lowest BCUT2D eigenvalue weighted by Gasteiger charge is -2.08. The highest BCUT2D eigenvalue weighted by Crippen LogP contribution is 2.32. The second-order valence-electron chi connectivity index (χ2n) is 3.02. The van der Waals surface area contributed by atoms with Crippen LogP contribution in [-0.2, 0) is 0 Å². The molecule has 2 aliphatic carbocycles. The minimum atomic E-state index is 0.366. The number of allylic oxidation sites excluding steroid dienone is 4. The Morgan fingerprint density at radius 1 is 0.909 bits per heavy atom. The van der Waals surface area contributed by atoms with E-state index >= 15 is 0 Å². The Kier molecular flexibility index (Phi) is 1.28. The number of hydrogen-bond acceptors (Lipinski definition) is 2. The lowest BCUT2D eigenvalue weighted by atomic mass is 9.98. The fraction of sp³-hybridized carbons (Fsp3) is 0.333. The topological polar surface area (TPSA) is 47.7 Å². The monoisotopic (exact) mass is 146 g/mol. The maximum Gasteiger partial charge on any atom is 0.0792 e. The van der Waals surface area contributed by atoms with Crippen LogP contribution in [0, 0.1) is 10.8 Å². The normalized spacial score (nSPS) is 22.9. The highest BCUT2D eigenvalue weighted by molar-refractivity contribution is 6.49. The van der Waals surface area contributed by atoms with Crippen molar-refractivity contribution in [3.8, 4) is 0 Å². The first-order chi connectivity index (χ1) is 5.27. The van der Waals surface area contributed by atoms with Gasteiger partial charge in [-0.1, -0.05) is 0 Å². The van der Waals surface area contributed by atoms with Crippen molar-refractivity contribution in [2.24, 2.45) is 0 Å². The summed E-state index contributed by atoms with van der Waals surface area (Å²) in [7, 11) is 0. The molecule has 0 saturated heterocycles. The molecule has 0 atom stereocenters.